The topological polar surface area (TPSA) is 42.2 Å². The molecule has 0 aromatic carbocycles. The van der Waals surface area contributed by atoms with Crippen molar-refractivity contribution in [2.45, 2.75) is 45.1 Å². The van der Waals surface area contributed by atoms with Crippen LogP contribution in [0.5, 0.6) is 0 Å². The molecule has 1 heterocycles. The van der Waals surface area contributed by atoms with Crippen LogP contribution in [0.15, 0.2) is 16.7 Å². The van der Waals surface area contributed by atoms with Crippen molar-refractivity contribution in [2.24, 2.45) is 0 Å². The first kappa shape index (κ1) is 12.7. The minimum Gasteiger partial charge on any atom is -0.396 e. The van der Waals surface area contributed by atoms with E-state index >= 15 is 0 Å². The Kier molecular flexibility index (Phi) is 4.26. The van der Waals surface area contributed by atoms with Crippen LogP contribution < -0.4 is 10.6 Å². The SMILES string of the molecule is CCN(c1ncc(Br)cc1N)C1CCCCC1. The van der Waals surface area contributed by atoms with Gasteiger partial charge >= 0.3 is 0 Å². The van der Waals surface area contributed by atoms with Crippen molar-refractivity contribution in [3.8, 4) is 0 Å². The highest BCUT2D eigenvalue weighted by Crippen LogP contribution is 2.30. The highest BCUT2D eigenvalue weighted by atomic mass is 79.9. The van der Waals surface area contributed by atoms with Crippen LogP contribution in [0.3, 0.4) is 0 Å². The molecular formula is C13H20BrN3. The van der Waals surface area contributed by atoms with Crippen LogP contribution in [0.4, 0.5) is 11.5 Å². The maximum Gasteiger partial charge on any atom is 0.152 e. The Morgan fingerprint density at radius 1 is 1.41 bits per heavy atom. The van der Waals surface area contributed by atoms with Crippen molar-refractivity contribution >= 4 is 27.4 Å². The summed E-state index contributed by atoms with van der Waals surface area (Å²) in [5.41, 5.74) is 6.84. The summed E-state index contributed by atoms with van der Waals surface area (Å²) in [5, 5.41) is 0. The smallest absolute Gasteiger partial charge is 0.152 e. The summed E-state index contributed by atoms with van der Waals surface area (Å²) in [5.74, 6) is 0.947. The van der Waals surface area contributed by atoms with E-state index in [1.165, 1.54) is 32.1 Å². The van der Waals surface area contributed by atoms with Gasteiger partial charge < -0.3 is 10.6 Å². The fourth-order valence-corrected chi connectivity index (χ4v) is 3.01. The molecule has 2 N–H and O–H groups in total. The molecule has 3 nitrogen and oxygen atoms in total. The predicted molar refractivity (Wildman–Crippen MR) is 76.2 cm³/mol. The Morgan fingerprint density at radius 3 is 2.71 bits per heavy atom. The van der Waals surface area contributed by atoms with Gasteiger partial charge in [0.15, 0.2) is 5.82 Å². The predicted octanol–water partition coefficient (Wildman–Crippen LogP) is 3.59. The van der Waals surface area contributed by atoms with E-state index in [2.05, 4.69) is 32.7 Å². The lowest BCUT2D eigenvalue weighted by Crippen LogP contribution is -2.37. The minimum absolute atomic E-state index is 0.615. The summed E-state index contributed by atoms with van der Waals surface area (Å²) < 4.78 is 0.943. The Labute approximate surface area is 112 Å². The largest absolute Gasteiger partial charge is 0.396 e. The van der Waals surface area contributed by atoms with Crippen LogP contribution >= 0.6 is 15.9 Å². The van der Waals surface area contributed by atoms with Crippen molar-refractivity contribution in [1.29, 1.82) is 0 Å². The molecule has 94 valence electrons. The maximum atomic E-state index is 6.07. The zero-order valence-corrected chi connectivity index (χ0v) is 11.9. The van der Waals surface area contributed by atoms with Crippen molar-refractivity contribution in [3.05, 3.63) is 16.7 Å². The van der Waals surface area contributed by atoms with Gasteiger partial charge in [0.1, 0.15) is 0 Å². The van der Waals surface area contributed by atoms with Crippen LogP contribution in [0.2, 0.25) is 0 Å². The van der Waals surface area contributed by atoms with Crippen molar-refractivity contribution in [1.82, 2.24) is 4.98 Å². The van der Waals surface area contributed by atoms with Gasteiger partial charge in [-0.1, -0.05) is 19.3 Å². The van der Waals surface area contributed by atoms with E-state index in [0.29, 0.717) is 6.04 Å². The van der Waals surface area contributed by atoms with Gasteiger partial charge in [-0.15, -0.1) is 0 Å². The molecule has 17 heavy (non-hydrogen) atoms. The van der Waals surface area contributed by atoms with Crippen LogP contribution in [0.25, 0.3) is 0 Å². The second kappa shape index (κ2) is 5.71. The molecule has 0 atom stereocenters. The molecule has 0 unspecified atom stereocenters. The van der Waals surface area contributed by atoms with Gasteiger partial charge in [-0.05, 0) is 41.8 Å². The molecule has 1 aliphatic rings. The summed E-state index contributed by atoms with van der Waals surface area (Å²) in [6.07, 6.45) is 8.40. The Bertz CT molecular complexity index is 375. The molecule has 1 fully saturated rings. The van der Waals surface area contributed by atoms with Crippen LogP contribution in [-0.4, -0.2) is 17.6 Å². The van der Waals surface area contributed by atoms with E-state index in [9.17, 15) is 0 Å². The number of nitrogens with two attached hydrogens (primary N) is 1. The molecule has 0 radical (unpaired) electrons. The van der Waals surface area contributed by atoms with E-state index in [0.717, 1.165) is 22.5 Å². The molecule has 0 amide bonds. The number of aromatic nitrogens is 1. The van der Waals surface area contributed by atoms with Crippen molar-refractivity contribution in [2.75, 3.05) is 17.2 Å². The van der Waals surface area contributed by atoms with Gasteiger partial charge in [-0.3, -0.25) is 0 Å². The Balaban J connectivity index is 2.21. The van der Waals surface area contributed by atoms with Crippen LogP contribution in [0, 0.1) is 0 Å². The average Bonchev–Trinajstić information content (AvgIpc) is 2.34. The third kappa shape index (κ3) is 2.92. The summed E-state index contributed by atoms with van der Waals surface area (Å²) in [4.78, 5) is 6.84. The minimum atomic E-state index is 0.615. The third-order valence-electron chi connectivity index (χ3n) is 3.49. The first-order valence-corrected chi connectivity index (χ1v) is 7.19. The van der Waals surface area contributed by atoms with Crippen LogP contribution in [-0.2, 0) is 0 Å². The molecule has 1 aliphatic carbocycles. The lowest BCUT2D eigenvalue weighted by molar-refractivity contribution is 0.416. The summed E-state index contributed by atoms with van der Waals surface area (Å²) >= 11 is 3.40. The second-order valence-electron chi connectivity index (χ2n) is 4.64. The fourth-order valence-electron chi connectivity index (χ4n) is 2.66. The highest BCUT2D eigenvalue weighted by molar-refractivity contribution is 9.10. The molecule has 1 aromatic rings. The molecule has 0 aliphatic heterocycles. The second-order valence-corrected chi connectivity index (χ2v) is 5.56. The molecule has 0 bridgehead atoms. The van der Waals surface area contributed by atoms with Gasteiger partial charge in [0.25, 0.3) is 0 Å². The number of nitrogen functional groups attached to an aromatic ring is 1. The van der Waals surface area contributed by atoms with Gasteiger partial charge in [-0.25, -0.2) is 4.98 Å². The lowest BCUT2D eigenvalue weighted by Gasteiger charge is -2.35. The monoisotopic (exact) mass is 297 g/mol. The zero-order valence-electron chi connectivity index (χ0n) is 10.3. The summed E-state index contributed by atoms with van der Waals surface area (Å²) in [6.45, 7) is 3.15. The van der Waals surface area contributed by atoms with Gasteiger partial charge in [0, 0.05) is 23.3 Å². The standard InChI is InChI=1S/C13H20BrN3/c1-2-17(11-6-4-3-5-7-11)13-12(15)8-10(14)9-16-13/h8-9,11H,2-7,15H2,1H3. The zero-order chi connectivity index (χ0) is 12.3. The number of hydrogen-bond acceptors (Lipinski definition) is 3. The first-order valence-electron chi connectivity index (χ1n) is 6.40. The fraction of sp³-hybridized carbons (Fsp3) is 0.615. The molecular weight excluding hydrogens is 278 g/mol. The molecule has 1 saturated carbocycles. The molecule has 1 aromatic heterocycles. The van der Waals surface area contributed by atoms with Gasteiger partial charge in [0.05, 0.1) is 5.69 Å². The molecule has 2 rings (SSSR count). The maximum absolute atomic E-state index is 6.07. The number of rotatable bonds is 3. The summed E-state index contributed by atoms with van der Waals surface area (Å²) in [6, 6.07) is 2.55. The van der Waals surface area contributed by atoms with Crippen molar-refractivity contribution < 1.29 is 0 Å². The van der Waals surface area contributed by atoms with Crippen molar-refractivity contribution in [3.63, 3.8) is 0 Å². The molecule has 0 saturated heterocycles. The lowest BCUT2D eigenvalue weighted by atomic mass is 9.94. The number of hydrogen-bond donors (Lipinski definition) is 1. The Hall–Kier alpha value is -0.770. The van der Waals surface area contributed by atoms with Gasteiger partial charge in [-0.2, -0.15) is 0 Å². The number of pyridine rings is 1. The highest BCUT2D eigenvalue weighted by Gasteiger charge is 2.22. The van der Waals surface area contributed by atoms with Crippen LogP contribution in [0.1, 0.15) is 39.0 Å². The van der Waals surface area contributed by atoms with E-state index in [-0.39, 0.29) is 0 Å². The molecule has 4 heteroatoms. The van der Waals surface area contributed by atoms with E-state index in [4.69, 9.17) is 5.73 Å². The first-order chi connectivity index (χ1) is 8.22. The number of nitrogens with zero attached hydrogens (tertiary/aromatic N) is 2. The quantitative estimate of drug-likeness (QED) is 0.927. The van der Waals surface area contributed by atoms with E-state index in [1.807, 2.05) is 12.3 Å². The number of anilines is 2. The third-order valence-corrected chi connectivity index (χ3v) is 3.92. The Morgan fingerprint density at radius 2 is 2.12 bits per heavy atom. The average molecular weight is 298 g/mol. The summed E-state index contributed by atoms with van der Waals surface area (Å²) in [7, 11) is 0. The van der Waals surface area contributed by atoms with Gasteiger partial charge in [0.2, 0.25) is 0 Å². The van der Waals surface area contributed by atoms with E-state index in [1.54, 1.807) is 0 Å². The number of halogens is 1. The van der Waals surface area contributed by atoms with E-state index < -0.39 is 0 Å². The molecule has 0 spiro atoms. The normalized spacial score (nSPS) is 17.1.